The van der Waals surface area contributed by atoms with Crippen LogP contribution in [0.2, 0.25) is 10.0 Å². The molecule has 0 saturated heterocycles. The summed E-state index contributed by atoms with van der Waals surface area (Å²) in [5, 5.41) is 10.3. The van der Waals surface area contributed by atoms with E-state index in [-0.39, 0.29) is 27.2 Å². The Bertz CT molecular complexity index is 1440. The highest BCUT2D eigenvalue weighted by atomic mass is 35.5. The van der Waals surface area contributed by atoms with Crippen LogP contribution < -0.4 is 24.7 Å². The number of halogens is 2. The maximum absolute atomic E-state index is 12.9. The number of hydrogen-bond acceptors (Lipinski definition) is 7. The lowest BCUT2D eigenvalue weighted by Crippen LogP contribution is -2.21. The van der Waals surface area contributed by atoms with Crippen molar-refractivity contribution in [3.05, 3.63) is 92.8 Å². The smallest absolute Gasteiger partial charge is 0.343 e. The number of fused-ring (bicyclic) bond motifs is 1. The standard InChI is InChI=1S/C32H32Cl2N2O5/c1-3-5-7-15-38-22-10-8-20(9-11-22)29-24-13-12-23(18-28(24)41-31(36)25(29)19-35)40-32(37)21-16-26(33)30(27(34)17-21)39-14-6-4-2/h8-13,16-18,29H,3-7,14-15,36H2,1-2H3. The average molecular weight is 596 g/mol. The molecule has 0 spiro atoms. The van der Waals surface area contributed by atoms with Crippen molar-refractivity contribution in [2.75, 3.05) is 13.2 Å². The van der Waals surface area contributed by atoms with Crippen LogP contribution in [0.15, 0.2) is 66.1 Å². The van der Waals surface area contributed by atoms with Crippen molar-refractivity contribution in [1.29, 1.82) is 5.26 Å². The molecule has 1 heterocycles. The largest absolute Gasteiger partial charge is 0.494 e. The molecule has 0 amide bonds. The predicted octanol–water partition coefficient (Wildman–Crippen LogP) is 8.18. The van der Waals surface area contributed by atoms with E-state index in [9.17, 15) is 10.1 Å². The second kappa shape index (κ2) is 14.2. The van der Waals surface area contributed by atoms with Gasteiger partial charge in [0.1, 0.15) is 28.9 Å². The van der Waals surface area contributed by atoms with Crippen molar-refractivity contribution < 1.29 is 23.7 Å². The van der Waals surface area contributed by atoms with Crippen LogP contribution in [0.25, 0.3) is 0 Å². The minimum absolute atomic E-state index is 0.00871. The van der Waals surface area contributed by atoms with E-state index in [1.807, 2.05) is 31.2 Å². The summed E-state index contributed by atoms with van der Waals surface area (Å²) >= 11 is 12.7. The van der Waals surface area contributed by atoms with Crippen molar-refractivity contribution >= 4 is 29.2 Å². The molecule has 1 aliphatic heterocycles. The van der Waals surface area contributed by atoms with Gasteiger partial charge in [0.2, 0.25) is 5.88 Å². The molecule has 3 aromatic rings. The molecule has 1 atom stereocenters. The van der Waals surface area contributed by atoms with Gasteiger partial charge in [0.15, 0.2) is 5.75 Å². The average Bonchev–Trinajstić information content (AvgIpc) is 2.96. The normalized spacial score (nSPS) is 14.1. The van der Waals surface area contributed by atoms with Crippen LogP contribution in [0.3, 0.4) is 0 Å². The van der Waals surface area contributed by atoms with Crippen LogP contribution in [-0.2, 0) is 0 Å². The van der Waals surface area contributed by atoms with Crippen molar-refractivity contribution in [2.45, 2.75) is 51.9 Å². The molecular weight excluding hydrogens is 563 g/mol. The van der Waals surface area contributed by atoms with E-state index in [4.69, 9.17) is 47.9 Å². The van der Waals surface area contributed by atoms with E-state index in [0.717, 1.165) is 43.4 Å². The van der Waals surface area contributed by atoms with Crippen molar-refractivity contribution in [2.24, 2.45) is 5.73 Å². The molecule has 7 nitrogen and oxygen atoms in total. The number of unbranched alkanes of at least 4 members (excludes halogenated alkanes) is 3. The molecule has 0 aliphatic carbocycles. The van der Waals surface area contributed by atoms with E-state index in [0.29, 0.717) is 35.8 Å². The number of benzene rings is 3. The van der Waals surface area contributed by atoms with E-state index in [1.54, 1.807) is 18.2 Å². The van der Waals surface area contributed by atoms with Gasteiger partial charge >= 0.3 is 5.97 Å². The summed E-state index contributed by atoms with van der Waals surface area (Å²) in [4.78, 5) is 12.9. The van der Waals surface area contributed by atoms with Gasteiger partial charge < -0.3 is 24.7 Å². The monoisotopic (exact) mass is 594 g/mol. The minimum atomic E-state index is -0.656. The number of ether oxygens (including phenoxy) is 4. The van der Waals surface area contributed by atoms with Gasteiger partial charge in [-0.25, -0.2) is 4.79 Å². The molecule has 2 N–H and O–H groups in total. The summed E-state index contributed by atoms with van der Waals surface area (Å²) < 4.78 is 22.9. The maximum atomic E-state index is 12.9. The Morgan fingerprint density at radius 1 is 0.927 bits per heavy atom. The number of nitrogens with zero attached hydrogens (tertiary/aromatic N) is 1. The van der Waals surface area contributed by atoms with Gasteiger partial charge in [0.25, 0.3) is 0 Å². The Morgan fingerprint density at radius 2 is 1.59 bits per heavy atom. The zero-order valence-electron chi connectivity index (χ0n) is 23.0. The number of esters is 1. The number of hydrogen-bond donors (Lipinski definition) is 1. The van der Waals surface area contributed by atoms with Gasteiger partial charge in [0.05, 0.1) is 34.7 Å². The van der Waals surface area contributed by atoms with E-state index in [2.05, 4.69) is 13.0 Å². The first-order chi connectivity index (χ1) is 19.9. The lowest BCUT2D eigenvalue weighted by molar-refractivity contribution is 0.0734. The van der Waals surface area contributed by atoms with E-state index < -0.39 is 11.9 Å². The molecular formula is C32H32Cl2N2O5. The second-order valence-electron chi connectivity index (χ2n) is 9.61. The number of nitrogens with two attached hydrogens (primary N) is 1. The number of carbonyl (C=O) groups is 1. The summed E-state index contributed by atoms with van der Waals surface area (Å²) in [5.41, 5.74) is 8.18. The van der Waals surface area contributed by atoms with Gasteiger partial charge in [-0.2, -0.15) is 5.26 Å². The SMILES string of the molecule is CCCCCOc1ccc(C2C(C#N)=C(N)Oc3cc(OC(=O)c4cc(Cl)c(OCCCC)c(Cl)c4)ccc32)cc1. The molecule has 1 unspecified atom stereocenters. The highest BCUT2D eigenvalue weighted by molar-refractivity contribution is 6.37. The highest BCUT2D eigenvalue weighted by Gasteiger charge is 2.31. The van der Waals surface area contributed by atoms with Gasteiger partial charge in [0, 0.05) is 11.6 Å². The third-order valence-electron chi connectivity index (χ3n) is 6.61. The van der Waals surface area contributed by atoms with E-state index >= 15 is 0 Å². The second-order valence-corrected chi connectivity index (χ2v) is 10.4. The van der Waals surface area contributed by atoms with Gasteiger partial charge in [-0.05, 0) is 48.7 Å². The summed E-state index contributed by atoms with van der Waals surface area (Å²) in [6.07, 6.45) is 5.05. The van der Waals surface area contributed by atoms with E-state index in [1.165, 1.54) is 12.1 Å². The third-order valence-corrected chi connectivity index (χ3v) is 7.17. The molecule has 0 fully saturated rings. The van der Waals surface area contributed by atoms with Crippen molar-refractivity contribution in [1.82, 2.24) is 0 Å². The topological polar surface area (TPSA) is 104 Å². The number of nitriles is 1. The molecule has 214 valence electrons. The Hall–Kier alpha value is -3.86. The minimum Gasteiger partial charge on any atom is -0.494 e. The van der Waals surface area contributed by atoms with Crippen LogP contribution >= 0.6 is 23.2 Å². The van der Waals surface area contributed by atoms with Crippen LogP contribution in [-0.4, -0.2) is 19.2 Å². The first-order valence-corrected chi connectivity index (χ1v) is 14.4. The Balaban J connectivity index is 1.54. The maximum Gasteiger partial charge on any atom is 0.343 e. The molecule has 0 saturated carbocycles. The van der Waals surface area contributed by atoms with Crippen molar-refractivity contribution in [3.8, 4) is 29.1 Å². The molecule has 0 bridgehead atoms. The van der Waals surface area contributed by atoms with Crippen LogP contribution in [0.5, 0.6) is 23.0 Å². The predicted molar refractivity (Wildman–Crippen MR) is 159 cm³/mol. The lowest BCUT2D eigenvalue weighted by Gasteiger charge is -2.27. The van der Waals surface area contributed by atoms with Crippen LogP contribution in [0.4, 0.5) is 0 Å². The first kappa shape index (κ1) is 30.1. The quantitative estimate of drug-likeness (QED) is 0.128. The highest BCUT2D eigenvalue weighted by Crippen LogP contribution is 2.44. The molecule has 41 heavy (non-hydrogen) atoms. The van der Waals surface area contributed by atoms with Gasteiger partial charge in [-0.15, -0.1) is 0 Å². The zero-order valence-corrected chi connectivity index (χ0v) is 24.6. The molecule has 1 aliphatic rings. The van der Waals surface area contributed by atoms with Gasteiger partial charge in [-0.1, -0.05) is 74.5 Å². The molecule has 3 aromatic carbocycles. The fourth-order valence-electron chi connectivity index (χ4n) is 4.44. The Morgan fingerprint density at radius 3 is 2.24 bits per heavy atom. The molecule has 4 rings (SSSR count). The molecule has 9 heteroatoms. The zero-order chi connectivity index (χ0) is 29.4. The molecule has 0 radical (unpaired) electrons. The Kier molecular flexibility index (Phi) is 10.4. The number of allylic oxidation sites excluding steroid dienone is 1. The van der Waals surface area contributed by atoms with Gasteiger partial charge in [-0.3, -0.25) is 0 Å². The fourth-order valence-corrected chi connectivity index (χ4v) is 5.04. The summed E-state index contributed by atoms with van der Waals surface area (Å²) in [7, 11) is 0. The van der Waals surface area contributed by atoms with Crippen LogP contribution in [0.1, 0.15) is 73.4 Å². The molecule has 0 aromatic heterocycles. The Labute approximate surface area is 250 Å². The third kappa shape index (κ3) is 7.27. The summed E-state index contributed by atoms with van der Waals surface area (Å²) in [6.45, 7) is 5.32. The number of carbonyl (C=O) groups excluding carboxylic acids is 1. The first-order valence-electron chi connectivity index (χ1n) is 13.6. The lowest BCUT2D eigenvalue weighted by atomic mass is 9.83. The van der Waals surface area contributed by atoms with Crippen molar-refractivity contribution in [3.63, 3.8) is 0 Å². The summed E-state index contributed by atoms with van der Waals surface area (Å²) in [5.74, 6) is 0.580. The number of rotatable bonds is 12. The van der Waals surface area contributed by atoms with Crippen LogP contribution in [0, 0.1) is 11.3 Å². The summed E-state index contributed by atoms with van der Waals surface area (Å²) in [6, 6.07) is 17.7. The fraction of sp³-hybridized carbons (Fsp3) is 0.312.